The summed E-state index contributed by atoms with van der Waals surface area (Å²) >= 11 is 3.62. The van der Waals surface area contributed by atoms with Crippen molar-refractivity contribution in [1.29, 1.82) is 0 Å². The van der Waals surface area contributed by atoms with Crippen LogP contribution in [0, 0.1) is 0 Å². The van der Waals surface area contributed by atoms with Crippen molar-refractivity contribution in [1.82, 2.24) is 10.3 Å². The zero-order valence-corrected chi connectivity index (χ0v) is 19.3. The number of alkyl halides is 1. The highest BCUT2D eigenvalue weighted by Crippen LogP contribution is 2.35. The van der Waals surface area contributed by atoms with Crippen LogP contribution < -0.4 is 20.5 Å². The maximum atomic E-state index is 11.2. The lowest BCUT2D eigenvalue weighted by Crippen LogP contribution is -2.41. The van der Waals surface area contributed by atoms with E-state index in [1.54, 1.807) is 6.20 Å². The molecular formula is C21H22IN3O3S. The van der Waals surface area contributed by atoms with Gasteiger partial charge in [-0.15, -0.1) is 0 Å². The lowest BCUT2D eigenvalue weighted by atomic mass is 10.1. The predicted octanol–water partition coefficient (Wildman–Crippen LogP) is 5.67. The maximum absolute atomic E-state index is 11.2. The van der Waals surface area contributed by atoms with Crippen LogP contribution >= 0.6 is 33.9 Å². The van der Waals surface area contributed by atoms with Gasteiger partial charge in [-0.1, -0.05) is 35.6 Å². The number of carbonyl (C=O) groups excluding carboxylic acids is 1. The Bertz CT molecular complexity index is 970. The van der Waals surface area contributed by atoms with E-state index in [0.29, 0.717) is 10.9 Å². The molecule has 0 saturated carbocycles. The van der Waals surface area contributed by atoms with Crippen LogP contribution in [0.25, 0.3) is 10.4 Å². The first-order valence-corrected chi connectivity index (χ1v) is 10.9. The molecule has 3 rings (SSSR count). The molecule has 3 N–H and O–H groups in total. The van der Waals surface area contributed by atoms with Gasteiger partial charge in [0, 0.05) is 6.20 Å². The Labute approximate surface area is 187 Å². The summed E-state index contributed by atoms with van der Waals surface area (Å²) in [6.45, 7) is 5.87. The van der Waals surface area contributed by atoms with Gasteiger partial charge in [0.25, 0.3) is 5.19 Å². The molecule has 0 bridgehead atoms. The van der Waals surface area contributed by atoms with Gasteiger partial charge in [-0.3, -0.25) is 0 Å². The Kier molecular flexibility index (Phi) is 6.63. The van der Waals surface area contributed by atoms with Crippen LogP contribution in [0.2, 0.25) is 0 Å². The van der Waals surface area contributed by atoms with Gasteiger partial charge in [0.15, 0.2) is 0 Å². The predicted molar refractivity (Wildman–Crippen MR) is 124 cm³/mol. The fraction of sp³-hybridized carbons (Fsp3) is 0.238. The van der Waals surface area contributed by atoms with E-state index in [1.165, 1.54) is 11.3 Å². The van der Waals surface area contributed by atoms with E-state index >= 15 is 0 Å². The third kappa shape index (κ3) is 5.83. The fourth-order valence-corrected chi connectivity index (χ4v) is 4.07. The fourth-order valence-electron chi connectivity index (χ4n) is 2.65. The van der Waals surface area contributed by atoms with Gasteiger partial charge in [-0.05, 0) is 78.8 Å². The SMILES string of the molecule is CC(C)Oc1ccc(Oc2ncc(-c3ccc(C(C)(I)NC(N)=O)cc3)s2)cc1. The number of hydrogen-bond donors (Lipinski definition) is 2. The van der Waals surface area contributed by atoms with E-state index in [1.807, 2.05) is 69.3 Å². The maximum Gasteiger partial charge on any atom is 0.313 e. The molecule has 1 unspecified atom stereocenters. The zero-order chi connectivity index (χ0) is 21.0. The van der Waals surface area contributed by atoms with Crippen molar-refractivity contribution in [2.45, 2.75) is 30.4 Å². The number of carbonyl (C=O) groups is 1. The van der Waals surface area contributed by atoms with Crippen LogP contribution in [0.3, 0.4) is 0 Å². The monoisotopic (exact) mass is 523 g/mol. The minimum atomic E-state index is -0.574. The Hall–Kier alpha value is -2.33. The standard InChI is InChI=1S/C21H22IN3O3S/c1-13(2)27-16-8-10-17(11-9-16)28-20-24-12-18(29-20)14-4-6-15(7-5-14)21(3,22)25-19(23)26/h4-13H,1-3H3,(H3,23,25,26). The lowest BCUT2D eigenvalue weighted by Gasteiger charge is -2.23. The molecule has 0 aliphatic carbocycles. The van der Waals surface area contributed by atoms with Crippen molar-refractivity contribution in [2.75, 3.05) is 0 Å². The second kappa shape index (κ2) is 9.00. The molecule has 2 aromatic carbocycles. The van der Waals surface area contributed by atoms with Crippen LogP contribution in [-0.2, 0) is 3.55 Å². The van der Waals surface area contributed by atoms with Crippen LogP contribution in [0.4, 0.5) is 4.79 Å². The van der Waals surface area contributed by atoms with Gasteiger partial charge in [-0.25, -0.2) is 9.78 Å². The van der Waals surface area contributed by atoms with Gasteiger partial charge in [0.1, 0.15) is 15.0 Å². The van der Waals surface area contributed by atoms with Gasteiger partial charge >= 0.3 is 6.03 Å². The summed E-state index contributed by atoms with van der Waals surface area (Å²) in [7, 11) is 0. The summed E-state index contributed by atoms with van der Waals surface area (Å²) < 4.78 is 10.9. The third-order valence-electron chi connectivity index (χ3n) is 3.95. The molecule has 0 aliphatic rings. The molecule has 6 nitrogen and oxygen atoms in total. The van der Waals surface area contributed by atoms with Crippen molar-refractivity contribution in [3.8, 4) is 27.1 Å². The summed E-state index contributed by atoms with van der Waals surface area (Å²) in [5, 5.41) is 3.29. The molecule has 8 heteroatoms. The van der Waals surface area contributed by atoms with E-state index in [9.17, 15) is 4.79 Å². The van der Waals surface area contributed by atoms with E-state index in [0.717, 1.165) is 21.8 Å². The first-order valence-electron chi connectivity index (χ1n) is 9.01. The summed E-state index contributed by atoms with van der Waals surface area (Å²) in [6, 6.07) is 14.8. The van der Waals surface area contributed by atoms with Gasteiger partial charge < -0.3 is 20.5 Å². The Morgan fingerprint density at radius 1 is 1.14 bits per heavy atom. The number of amides is 2. The lowest BCUT2D eigenvalue weighted by molar-refractivity contribution is 0.242. The topological polar surface area (TPSA) is 86.5 Å². The number of nitrogens with zero attached hydrogens (tertiary/aromatic N) is 1. The molecule has 0 fully saturated rings. The summed E-state index contributed by atoms with van der Waals surface area (Å²) in [4.78, 5) is 16.5. The van der Waals surface area contributed by atoms with E-state index in [-0.39, 0.29) is 6.10 Å². The number of thiazole rings is 1. The molecular weight excluding hydrogens is 501 g/mol. The van der Waals surface area contributed by atoms with Crippen molar-refractivity contribution in [3.63, 3.8) is 0 Å². The number of hydrogen-bond acceptors (Lipinski definition) is 5. The number of benzene rings is 2. The highest BCUT2D eigenvalue weighted by Gasteiger charge is 2.23. The number of urea groups is 1. The number of halogens is 1. The van der Waals surface area contributed by atoms with Crippen molar-refractivity contribution >= 4 is 40.0 Å². The average molecular weight is 523 g/mol. The molecule has 0 spiro atoms. The quantitative estimate of drug-likeness (QED) is 0.238. The molecule has 0 radical (unpaired) electrons. The Morgan fingerprint density at radius 3 is 2.34 bits per heavy atom. The summed E-state index contributed by atoms with van der Waals surface area (Å²) in [5.74, 6) is 1.51. The number of nitrogens with one attached hydrogen (secondary N) is 1. The first kappa shape index (κ1) is 21.4. The molecule has 29 heavy (non-hydrogen) atoms. The molecule has 1 atom stereocenters. The van der Waals surface area contributed by atoms with Crippen LogP contribution in [0.1, 0.15) is 26.3 Å². The van der Waals surface area contributed by atoms with Crippen LogP contribution in [-0.4, -0.2) is 17.1 Å². The molecule has 1 heterocycles. The molecule has 1 aromatic heterocycles. The van der Waals surface area contributed by atoms with Crippen molar-refractivity contribution in [2.24, 2.45) is 5.73 Å². The second-order valence-electron chi connectivity index (χ2n) is 6.80. The Balaban J connectivity index is 1.69. The van der Waals surface area contributed by atoms with E-state index in [2.05, 4.69) is 32.9 Å². The minimum Gasteiger partial charge on any atom is -0.491 e. The van der Waals surface area contributed by atoms with Gasteiger partial charge in [-0.2, -0.15) is 0 Å². The Morgan fingerprint density at radius 2 is 1.76 bits per heavy atom. The van der Waals surface area contributed by atoms with Crippen molar-refractivity contribution in [3.05, 3.63) is 60.3 Å². The molecule has 152 valence electrons. The smallest absolute Gasteiger partial charge is 0.313 e. The number of rotatable bonds is 7. The third-order valence-corrected chi connectivity index (χ3v) is 5.77. The molecule has 0 saturated heterocycles. The summed E-state index contributed by atoms with van der Waals surface area (Å²) in [5.41, 5.74) is 7.22. The highest BCUT2D eigenvalue weighted by molar-refractivity contribution is 14.1. The van der Waals surface area contributed by atoms with Crippen LogP contribution in [0.15, 0.2) is 54.7 Å². The van der Waals surface area contributed by atoms with E-state index < -0.39 is 9.58 Å². The average Bonchev–Trinajstić information content (AvgIpc) is 3.10. The number of ether oxygens (including phenoxy) is 2. The first-order chi connectivity index (χ1) is 13.7. The van der Waals surface area contributed by atoms with Gasteiger partial charge in [0.05, 0.1) is 11.0 Å². The van der Waals surface area contributed by atoms with Crippen molar-refractivity contribution < 1.29 is 14.3 Å². The number of primary amides is 1. The van der Waals surface area contributed by atoms with Gasteiger partial charge in [0.2, 0.25) is 0 Å². The summed E-state index contributed by atoms with van der Waals surface area (Å²) in [6.07, 6.45) is 1.92. The largest absolute Gasteiger partial charge is 0.491 e. The molecule has 3 aromatic rings. The molecule has 0 aliphatic heterocycles. The van der Waals surface area contributed by atoms with Crippen LogP contribution in [0.5, 0.6) is 16.7 Å². The second-order valence-corrected chi connectivity index (χ2v) is 9.95. The normalized spacial score (nSPS) is 13.0. The minimum absolute atomic E-state index is 0.131. The van der Waals surface area contributed by atoms with E-state index in [4.69, 9.17) is 15.2 Å². The zero-order valence-electron chi connectivity index (χ0n) is 16.3. The number of aromatic nitrogens is 1. The highest BCUT2D eigenvalue weighted by atomic mass is 127. The number of nitrogens with two attached hydrogens (primary N) is 1. The molecule has 2 amide bonds.